The van der Waals surface area contributed by atoms with Crippen molar-refractivity contribution in [1.29, 1.82) is 0 Å². The van der Waals surface area contributed by atoms with Gasteiger partial charge >= 0.3 is 0 Å². The van der Waals surface area contributed by atoms with E-state index in [-0.39, 0.29) is 12.4 Å². The highest BCUT2D eigenvalue weighted by Crippen LogP contribution is 2.01. The molecule has 0 saturated heterocycles. The molecule has 0 bridgehead atoms. The van der Waals surface area contributed by atoms with Crippen LogP contribution >= 0.6 is 12.4 Å². The van der Waals surface area contributed by atoms with E-state index < -0.39 is 0 Å². The molecule has 0 aliphatic rings. The molecule has 1 heterocycles. The molecule has 0 aromatic carbocycles. The molecule has 3 nitrogen and oxygen atoms in total. The first kappa shape index (κ1) is 9.46. The summed E-state index contributed by atoms with van der Waals surface area (Å²) in [5, 5.41) is 3.75. The first-order valence-electron chi connectivity index (χ1n) is 3.01. The van der Waals surface area contributed by atoms with Gasteiger partial charge in [-0.05, 0) is 6.42 Å². The summed E-state index contributed by atoms with van der Waals surface area (Å²) in [6.07, 6.45) is 0.906. The zero-order valence-electron chi connectivity index (χ0n) is 5.83. The SMILES string of the molecule is CCc1cc(CN)on1.Cl. The Bertz CT molecular complexity index is 169. The number of aromatic nitrogens is 1. The lowest BCUT2D eigenvalue weighted by atomic mass is 10.3. The van der Waals surface area contributed by atoms with Crippen molar-refractivity contribution in [2.45, 2.75) is 19.9 Å². The van der Waals surface area contributed by atoms with Crippen LogP contribution in [0.15, 0.2) is 10.6 Å². The molecule has 4 heteroatoms. The summed E-state index contributed by atoms with van der Waals surface area (Å²) < 4.78 is 4.83. The van der Waals surface area contributed by atoms with Gasteiger partial charge in [-0.15, -0.1) is 12.4 Å². The Kier molecular flexibility index (Phi) is 4.07. The lowest BCUT2D eigenvalue weighted by molar-refractivity contribution is 0.379. The first-order chi connectivity index (χ1) is 4.36. The maximum atomic E-state index is 5.28. The normalized spacial score (nSPS) is 9.00. The summed E-state index contributed by atoms with van der Waals surface area (Å²) in [5.74, 6) is 0.756. The smallest absolute Gasteiger partial charge is 0.150 e. The fourth-order valence-corrected chi connectivity index (χ4v) is 0.619. The molecular weight excluding hydrogens is 152 g/mol. The predicted octanol–water partition coefficient (Wildman–Crippen LogP) is 1.12. The van der Waals surface area contributed by atoms with E-state index in [2.05, 4.69) is 5.16 Å². The second-order valence-corrected chi connectivity index (χ2v) is 1.84. The Morgan fingerprint density at radius 3 is 2.70 bits per heavy atom. The molecule has 0 radical (unpaired) electrons. The Balaban J connectivity index is 0.000000810. The van der Waals surface area contributed by atoms with Crippen LogP contribution < -0.4 is 5.73 Å². The van der Waals surface area contributed by atoms with Crippen molar-refractivity contribution in [2.75, 3.05) is 0 Å². The maximum Gasteiger partial charge on any atom is 0.150 e. The molecular formula is C6H11ClN2O. The molecule has 0 spiro atoms. The summed E-state index contributed by atoms with van der Waals surface area (Å²) >= 11 is 0. The maximum absolute atomic E-state index is 5.28. The quantitative estimate of drug-likeness (QED) is 0.709. The van der Waals surface area contributed by atoms with Crippen LogP contribution in [0.25, 0.3) is 0 Å². The Morgan fingerprint density at radius 2 is 2.40 bits per heavy atom. The van der Waals surface area contributed by atoms with E-state index in [4.69, 9.17) is 10.3 Å². The van der Waals surface area contributed by atoms with Crippen molar-refractivity contribution >= 4 is 12.4 Å². The van der Waals surface area contributed by atoms with Crippen LogP contribution in [0.5, 0.6) is 0 Å². The van der Waals surface area contributed by atoms with Gasteiger partial charge in [-0.3, -0.25) is 0 Å². The number of hydrogen-bond donors (Lipinski definition) is 1. The molecule has 0 fully saturated rings. The highest BCUT2D eigenvalue weighted by Gasteiger charge is 1.97. The van der Waals surface area contributed by atoms with Crippen molar-refractivity contribution in [3.8, 4) is 0 Å². The van der Waals surface area contributed by atoms with Crippen molar-refractivity contribution in [3.63, 3.8) is 0 Å². The van der Waals surface area contributed by atoms with Gasteiger partial charge in [-0.25, -0.2) is 0 Å². The molecule has 1 aromatic heterocycles. The third-order valence-electron chi connectivity index (χ3n) is 1.17. The molecule has 2 N–H and O–H groups in total. The van der Waals surface area contributed by atoms with Crippen LogP contribution in [0.2, 0.25) is 0 Å². The molecule has 0 aliphatic carbocycles. The van der Waals surface area contributed by atoms with E-state index in [0.29, 0.717) is 6.54 Å². The molecule has 0 amide bonds. The standard InChI is InChI=1S/C6H10N2O.ClH/c1-2-5-3-6(4-7)9-8-5;/h3H,2,4,7H2,1H3;1H. The fourth-order valence-electron chi connectivity index (χ4n) is 0.619. The number of nitrogens with two attached hydrogens (primary N) is 1. The molecule has 0 aliphatic heterocycles. The number of nitrogens with zero attached hydrogens (tertiary/aromatic N) is 1. The van der Waals surface area contributed by atoms with E-state index in [0.717, 1.165) is 17.9 Å². The van der Waals surface area contributed by atoms with Crippen LogP contribution in [-0.4, -0.2) is 5.16 Å². The van der Waals surface area contributed by atoms with Gasteiger partial charge in [0.2, 0.25) is 0 Å². The highest BCUT2D eigenvalue weighted by molar-refractivity contribution is 5.85. The summed E-state index contributed by atoms with van der Waals surface area (Å²) in [5.41, 5.74) is 6.25. The van der Waals surface area contributed by atoms with E-state index >= 15 is 0 Å². The van der Waals surface area contributed by atoms with Crippen molar-refractivity contribution in [3.05, 3.63) is 17.5 Å². The second kappa shape index (κ2) is 4.30. The average molecular weight is 163 g/mol. The van der Waals surface area contributed by atoms with Gasteiger partial charge in [0.15, 0.2) is 5.76 Å². The molecule has 10 heavy (non-hydrogen) atoms. The molecule has 1 rings (SSSR count). The highest BCUT2D eigenvalue weighted by atomic mass is 35.5. The average Bonchev–Trinajstić information content (AvgIpc) is 2.34. The Morgan fingerprint density at radius 1 is 1.70 bits per heavy atom. The van der Waals surface area contributed by atoms with Crippen LogP contribution in [-0.2, 0) is 13.0 Å². The van der Waals surface area contributed by atoms with Gasteiger partial charge < -0.3 is 10.3 Å². The summed E-state index contributed by atoms with van der Waals surface area (Å²) in [6.45, 7) is 2.46. The molecule has 58 valence electrons. The predicted molar refractivity (Wildman–Crippen MR) is 41.0 cm³/mol. The van der Waals surface area contributed by atoms with Crippen molar-refractivity contribution in [1.82, 2.24) is 5.16 Å². The second-order valence-electron chi connectivity index (χ2n) is 1.84. The first-order valence-corrected chi connectivity index (χ1v) is 3.01. The monoisotopic (exact) mass is 162 g/mol. The van der Waals surface area contributed by atoms with E-state index in [1.165, 1.54) is 0 Å². The lowest BCUT2D eigenvalue weighted by Gasteiger charge is -1.78. The minimum absolute atomic E-state index is 0. The summed E-state index contributed by atoms with van der Waals surface area (Å²) in [6, 6.07) is 1.88. The van der Waals surface area contributed by atoms with Gasteiger partial charge in [0.25, 0.3) is 0 Å². The molecule has 0 atom stereocenters. The zero-order chi connectivity index (χ0) is 6.69. The number of hydrogen-bond acceptors (Lipinski definition) is 3. The van der Waals surface area contributed by atoms with Gasteiger partial charge in [0.1, 0.15) is 0 Å². The van der Waals surface area contributed by atoms with Gasteiger partial charge in [0, 0.05) is 6.07 Å². The van der Waals surface area contributed by atoms with Crippen molar-refractivity contribution < 1.29 is 4.52 Å². The van der Waals surface area contributed by atoms with Crippen LogP contribution in [0.4, 0.5) is 0 Å². The third-order valence-corrected chi connectivity index (χ3v) is 1.17. The summed E-state index contributed by atoms with van der Waals surface area (Å²) in [7, 11) is 0. The largest absolute Gasteiger partial charge is 0.360 e. The Labute approximate surface area is 66.0 Å². The van der Waals surface area contributed by atoms with Gasteiger partial charge in [-0.1, -0.05) is 12.1 Å². The van der Waals surface area contributed by atoms with Crippen LogP contribution in [0.1, 0.15) is 18.4 Å². The van der Waals surface area contributed by atoms with Crippen LogP contribution in [0.3, 0.4) is 0 Å². The van der Waals surface area contributed by atoms with E-state index in [1.54, 1.807) is 0 Å². The minimum atomic E-state index is 0. The number of aryl methyl sites for hydroxylation is 1. The number of rotatable bonds is 2. The lowest BCUT2D eigenvalue weighted by Crippen LogP contribution is -1.92. The molecule has 0 saturated carbocycles. The minimum Gasteiger partial charge on any atom is -0.360 e. The number of halogens is 1. The topological polar surface area (TPSA) is 52.0 Å². The summed E-state index contributed by atoms with van der Waals surface area (Å²) in [4.78, 5) is 0. The third kappa shape index (κ3) is 2.01. The molecule has 0 unspecified atom stereocenters. The van der Waals surface area contributed by atoms with Crippen molar-refractivity contribution in [2.24, 2.45) is 5.73 Å². The molecule has 1 aromatic rings. The zero-order valence-corrected chi connectivity index (χ0v) is 6.65. The van der Waals surface area contributed by atoms with Gasteiger partial charge in [0.05, 0.1) is 12.2 Å². The fraction of sp³-hybridized carbons (Fsp3) is 0.500. The van der Waals surface area contributed by atoms with E-state index in [1.807, 2.05) is 13.0 Å². The van der Waals surface area contributed by atoms with Gasteiger partial charge in [-0.2, -0.15) is 0 Å². The Hall–Kier alpha value is -0.540. The van der Waals surface area contributed by atoms with Crippen LogP contribution in [0, 0.1) is 0 Å². The van der Waals surface area contributed by atoms with E-state index in [9.17, 15) is 0 Å².